The number of halogens is 2. The molecule has 0 saturated carbocycles. The van der Waals surface area contributed by atoms with Crippen LogP contribution in [0.4, 0.5) is 4.39 Å². The fourth-order valence-corrected chi connectivity index (χ4v) is 4.11. The van der Waals surface area contributed by atoms with Crippen LogP contribution in [-0.4, -0.2) is 7.05 Å². The van der Waals surface area contributed by atoms with Gasteiger partial charge in [-0.15, -0.1) is 11.3 Å². The van der Waals surface area contributed by atoms with E-state index in [4.69, 9.17) is 0 Å². The second kappa shape index (κ2) is 6.26. The van der Waals surface area contributed by atoms with E-state index in [1.807, 2.05) is 13.1 Å². The molecule has 1 N–H and O–H groups in total. The van der Waals surface area contributed by atoms with Gasteiger partial charge in [0.05, 0.1) is 0 Å². The Balaban J connectivity index is 1.90. The number of hydrogen-bond donors (Lipinski definition) is 1. The topological polar surface area (TPSA) is 12.0 Å². The first-order valence-electron chi connectivity index (χ1n) is 6.77. The largest absolute Gasteiger partial charge is 0.312 e. The predicted octanol–water partition coefficient (Wildman–Crippen LogP) is 5.31. The van der Waals surface area contributed by atoms with Gasteiger partial charge in [0.25, 0.3) is 0 Å². The number of thiophene rings is 1. The summed E-state index contributed by atoms with van der Waals surface area (Å²) in [4.78, 5) is 1.30. The summed E-state index contributed by atoms with van der Waals surface area (Å²) in [6.45, 7) is 0. The van der Waals surface area contributed by atoms with Crippen LogP contribution in [0.1, 0.15) is 16.5 Å². The Hall–Kier alpha value is -1.23. The molecule has 1 nitrogen and oxygen atoms in total. The highest BCUT2D eigenvalue weighted by Gasteiger charge is 2.15. The average molecular weight is 364 g/mol. The van der Waals surface area contributed by atoms with Crippen molar-refractivity contribution in [2.75, 3.05) is 7.05 Å². The van der Waals surface area contributed by atoms with Gasteiger partial charge in [-0.1, -0.05) is 40.2 Å². The molecule has 0 fully saturated rings. The van der Waals surface area contributed by atoms with Crippen LogP contribution in [0.2, 0.25) is 0 Å². The van der Waals surface area contributed by atoms with E-state index in [2.05, 4.69) is 51.6 Å². The number of rotatable bonds is 4. The van der Waals surface area contributed by atoms with Crippen LogP contribution >= 0.6 is 27.3 Å². The molecular weight excluding hydrogens is 349 g/mol. The maximum Gasteiger partial charge on any atom is 0.124 e. The predicted molar refractivity (Wildman–Crippen MR) is 91.4 cm³/mol. The van der Waals surface area contributed by atoms with E-state index in [1.165, 1.54) is 27.1 Å². The first-order chi connectivity index (χ1) is 10.2. The molecular formula is C17H15BrFNS. The van der Waals surface area contributed by atoms with Crippen LogP contribution in [0.25, 0.3) is 10.1 Å². The van der Waals surface area contributed by atoms with Gasteiger partial charge < -0.3 is 5.32 Å². The molecule has 3 rings (SSSR count). The van der Waals surface area contributed by atoms with E-state index in [0.717, 1.165) is 16.5 Å². The molecule has 0 amide bonds. The summed E-state index contributed by atoms with van der Waals surface area (Å²) >= 11 is 5.25. The Morgan fingerprint density at radius 1 is 1.19 bits per heavy atom. The lowest BCUT2D eigenvalue weighted by Gasteiger charge is -2.15. The third-order valence-corrected chi connectivity index (χ3v) is 5.54. The van der Waals surface area contributed by atoms with Crippen molar-refractivity contribution in [3.05, 3.63) is 69.3 Å². The standard InChI is InChI=1S/C17H15BrFNS/c1-20-15(8-11-6-7-13(19)10-14(11)18)17-9-12-4-2-3-5-16(12)21-17/h2-7,9-10,15,20H,8H2,1H3. The molecule has 0 aliphatic heterocycles. The number of hydrogen-bond acceptors (Lipinski definition) is 2. The van der Waals surface area contributed by atoms with Crippen LogP contribution in [-0.2, 0) is 6.42 Å². The van der Waals surface area contributed by atoms with E-state index in [1.54, 1.807) is 11.3 Å². The minimum Gasteiger partial charge on any atom is -0.312 e. The Morgan fingerprint density at radius 3 is 2.71 bits per heavy atom. The summed E-state index contributed by atoms with van der Waals surface area (Å²) in [5, 5.41) is 4.64. The molecule has 0 saturated heterocycles. The molecule has 108 valence electrons. The van der Waals surface area contributed by atoms with Crippen molar-refractivity contribution in [1.29, 1.82) is 0 Å². The first-order valence-corrected chi connectivity index (χ1v) is 8.38. The molecule has 21 heavy (non-hydrogen) atoms. The molecule has 4 heteroatoms. The number of fused-ring (bicyclic) bond motifs is 1. The zero-order valence-electron chi connectivity index (χ0n) is 11.6. The van der Waals surface area contributed by atoms with Crippen molar-refractivity contribution in [2.24, 2.45) is 0 Å². The fourth-order valence-electron chi connectivity index (χ4n) is 2.43. The number of likely N-dealkylation sites (N-methyl/N-ethyl adjacent to an activating group) is 1. The fraction of sp³-hybridized carbons (Fsp3) is 0.176. The Morgan fingerprint density at radius 2 is 2.00 bits per heavy atom. The van der Waals surface area contributed by atoms with Crippen molar-refractivity contribution in [2.45, 2.75) is 12.5 Å². The molecule has 1 unspecified atom stereocenters. The van der Waals surface area contributed by atoms with E-state index in [-0.39, 0.29) is 11.9 Å². The van der Waals surface area contributed by atoms with Gasteiger partial charge in [-0.3, -0.25) is 0 Å². The molecule has 0 bridgehead atoms. The monoisotopic (exact) mass is 363 g/mol. The van der Waals surface area contributed by atoms with Gasteiger partial charge in [0, 0.05) is 20.1 Å². The molecule has 1 aromatic heterocycles. The van der Waals surface area contributed by atoms with Crippen LogP contribution in [0.15, 0.2) is 53.0 Å². The molecule has 0 radical (unpaired) electrons. The number of benzene rings is 2. The minimum absolute atomic E-state index is 0.214. The Bertz CT molecular complexity index is 735. The molecule has 2 aromatic carbocycles. The Kier molecular flexibility index (Phi) is 4.38. The summed E-state index contributed by atoms with van der Waals surface area (Å²) in [6.07, 6.45) is 0.824. The summed E-state index contributed by atoms with van der Waals surface area (Å²) in [7, 11) is 1.96. The van der Waals surface area contributed by atoms with Gasteiger partial charge in [0.2, 0.25) is 0 Å². The zero-order chi connectivity index (χ0) is 14.8. The lowest BCUT2D eigenvalue weighted by atomic mass is 10.0. The lowest BCUT2D eigenvalue weighted by Crippen LogP contribution is -2.17. The van der Waals surface area contributed by atoms with E-state index in [9.17, 15) is 4.39 Å². The average Bonchev–Trinajstić information content (AvgIpc) is 2.90. The van der Waals surface area contributed by atoms with Gasteiger partial charge in [-0.2, -0.15) is 0 Å². The lowest BCUT2D eigenvalue weighted by molar-refractivity contribution is 0.596. The van der Waals surface area contributed by atoms with Crippen LogP contribution < -0.4 is 5.32 Å². The number of nitrogens with one attached hydrogen (secondary N) is 1. The van der Waals surface area contributed by atoms with Gasteiger partial charge in [-0.25, -0.2) is 4.39 Å². The summed E-state index contributed by atoms with van der Waals surface area (Å²) in [5.74, 6) is -0.214. The second-order valence-electron chi connectivity index (χ2n) is 4.97. The second-order valence-corrected chi connectivity index (χ2v) is 6.94. The van der Waals surface area contributed by atoms with Crippen molar-refractivity contribution < 1.29 is 4.39 Å². The highest BCUT2D eigenvalue weighted by molar-refractivity contribution is 9.10. The van der Waals surface area contributed by atoms with Crippen LogP contribution in [0, 0.1) is 5.82 Å². The highest BCUT2D eigenvalue weighted by Crippen LogP contribution is 2.32. The Labute approximate surface area is 135 Å². The van der Waals surface area contributed by atoms with E-state index < -0.39 is 0 Å². The molecule has 1 atom stereocenters. The molecule has 0 aliphatic rings. The normalized spacial score (nSPS) is 12.7. The summed E-state index contributed by atoms with van der Waals surface area (Å²) < 4.78 is 15.3. The quantitative estimate of drug-likeness (QED) is 0.662. The minimum atomic E-state index is -0.214. The van der Waals surface area contributed by atoms with Crippen molar-refractivity contribution >= 4 is 37.4 Å². The smallest absolute Gasteiger partial charge is 0.124 e. The molecule has 0 aliphatic carbocycles. The summed E-state index contributed by atoms with van der Waals surface area (Å²) in [5.41, 5.74) is 1.10. The third kappa shape index (κ3) is 3.18. The molecule has 0 spiro atoms. The SMILES string of the molecule is CNC(Cc1ccc(F)cc1Br)c1cc2ccccc2s1. The van der Waals surface area contributed by atoms with E-state index >= 15 is 0 Å². The van der Waals surface area contributed by atoms with Gasteiger partial charge in [0.1, 0.15) is 5.82 Å². The van der Waals surface area contributed by atoms with Crippen LogP contribution in [0.5, 0.6) is 0 Å². The summed E-state index contributed by atoms with van der Waals surface area (Å²) in [6, 6.07) is 15.7. The molecule has 1 heterocycles. The molecule has 3 aromatic rings. The maximum absolute atomic E-state index is 13.2. The van der Waals surface area contributed by atoms with Gasteiger partial charge in [-0.05, 0) is 48.7 Å². The highest BCUT2D eigenvalue weighted by atomic mass is 79.9. The zero-order valence-corrected chi connectivity index (χ0v) is 14.0. The first kappa shape index (κ1) is 14.7. The van der Waals surface area contributed by atoms with Crippen molar-refractivity contribution in [1.82, 2.24) is 5.32 Å². The third-order valence-electron chi connectivity index (χ3n) is 3.58. The maximum atomic E-state index is 13.2. The van der Waals surface area contributed by atoms with Crippen molar-refractivity contribution in [3.63, 3.8) is 0 Å². The van der Waals surface area contributed by atoms with Gasteiger partial charge >= 0.3 is 0 Å². The van der Waals surface area contributed by atoms with E-state index in [0.29, 0.717) is 0 Å². The van der Waals surface area contributed by atoms with Crippen LogP contribution in [0.3, 0.4) is 0 Å². The van der Waals surface area contributed by atoms with Crippen molar-refractivity contribution in [3.8, 4) is 0 Å². The van der Waals surface area contributed by atoms with Gasteiger partial charge in [0.15, 0.2) is 0 Å².